The number of aliphatic hydroxyl groups excluding tert-OH is 4. The van der Waals surface area contributed by atoms with Crippen LogP contribution in [0.5, 0.6) is 0 Å². The van der Waals surface area contributed by atoms with E-state index in [4.69, 9.17) is 0 Å². The molecule has 0 spiro atoms. The van der Waals surface area contributed by atoms with Gasteiger partial charge in [-0.05, 0) is 84.9 Å². The summed E-state index contributed by atoms with van der Waals surface area (Å²) in [5.74, 6) is -0.833. The van der Waals surface area contributed by atoms with E-state index in [1.54, 1.807) is 0 Å². The normalized spacial score (nSPS) is 55.9. The quantitative estimate of drug-likeness (QED) is 0.361. The van der Waals surface area contributed by atoms with Crippen LogP contribution in [0.2, 0.25) is 0 Å². The summed E-state index contributed by atoms with van der Waals surface area (Å²) < 4.78 is 0. The van der Waals surface area contributed by atoms with Crippen molar-refractivity contribution in [3.63, 3.8) is 0 Å². The smallest absolute Gasteiger partial charge is 0.310 e. The standard InChI is InChI=1S/C30H48O6/c1-25(2)11-13-30(24(35)36)14-12-28(5)17(21(30)23(25)34)7-8-20-26(3)15-18(32)22(33)27(4,16-31)19(26)9-10-29(20,28)6/h7,18-23,31-34H,8-16H2,1-6H3,(H,35,36)/t18-,19-,20-,21-,22-,23+,26+,27+,28-,29-,30+/m1/s1. The Morgan fingerprint density at radius 2 is 1.56 bits per heavy atom. The Bertz CT molecular complexity index is 974. The number of carboxylic acid groups (broad SMARTS) is 1. The van der Waals surface area contributed by atoms with E-state index < -0.39 is 35.1 Å². The molecule has 0 aromatic carbocycles. The third-order valence-corrected chi connectivity index (χ3v) is 13.4. The number of hydrogen-bond donors (Lipinski definition) is 5. The Balaban J connectivity index is 1.63. The molecule has 4 fully saturated rings. The zero-order valence-electron chi connectivity index (χ0n) is 23.0. The molecule has 5 aliphatic rings. The van der Waals surface area contributed by atoms with Crippen molar-refractivity contribution < 1.29 is 30.3 Å². The average Bonchev–Trinajstić information content (AvgIpc) is 2.80. The van der Waals surface area contributed by atoms with Crippen LogP contribution in [-0.2, 0) is 4.79 Å². The van der Waals surface area contributed by atoms with Crippen LogP contribution in [0.3, 0.4) is 0 Å². The molecule has 6 nitrogen and oxygen atoms in total. The molecule has 6 heteroatoms. The number of rotatable bonds is 2. The molecule has 4 saturated carbocycles. The largest absolute Gasteiger partial charge is 0.481 e. The maximum Gasteiger partial charge on any atom is 0.310 e. The van der Waals surface area contributed by atoms with Gasteiger partial charge in [-0.3, -0.25) is 4.79 Å². The molecule has 0 unspecified atom stereocenters. The van der Waals surface area contributed by atoms with Crippen molar-refractivity contribution in [2.24, 2.45) is 50.2 Å². The lowest BCUT2D eigenvalue weighted by molar-refractivity contribution is -0.245. The third kappa shape index (κ3) is 2.96. The third-order valence-electron chi connectivity index (χ3n) is 13.4. The Labute approximate surface area is 216 Å². The second-order valence-electron chi connectivity index (χ2n) is 15.0. The van der Waals surface area contributed by atoms with Crippen LogP contribution in [0.15, 0.2) is 11.6 Å². The Morgan fingerprint density at radius 3 is 2.17 bits per heavy atom. The minimum Gasteiger partial charge on any atom is -0.481 e. The number of carbonyl (C=O) groups is 1. The average molecular weight is 505 g/mol. The lowest BCUT2D eigenvalue weighted by atomic mass is 9.33. The summed E-state index contributed by atoms with van der Waals surface area (Å²) >= 11 is 0. The summed E-state index contributed by atoms with van der Waals surface area (Å²) in [6.45, 7) is 12.9. The molecule has 0 bridgehead atoms. The summed E-state index contributed by atoms with van der Waals surface area (Å²) in [6, 6.07) is 0. The van der Waals surface area contributed by atoms with Crippen molar-refractivity contribution in [1.29, 1.82) is 0 Å². The molecule has 0 radical (unpaired) electrons. The fourth-order valence-corrected chi connectivity index (χ4v) is 10.8. The van der Waals surface area contributed by atoms with Crippen LogP contribution in [0.25, 0.3) is 0 Å². The van der Waals surface area contributed by atoms with Crippen LogP contribution < -0.4 is 0 Å². The second-order valence-corrected chi connectivity index (χ2v) is 15.0. The summed E-state index contributed by atoms with van der Waals surface area (Å²) in [5, 5.41) is 54.5. The molecule has 0 heterocycles. The Hall–Kier alpha value is -0.950. The Kier molecular flexibility index (Phi) is 5.77. The van der Waals surface area contributed by atoms with Gasteiger partial charge >= 0.3 is 5.97 Å². The number of aliphatic carboxylic acids is 1. The molecule has 5 N–H and O–H groups in total. The molecule has 204 valence electrons. The molecule has 11 atom stereocenters. The topological polar surface area (TPSA) is 118 Å². The highest BCUT2D eigenvalue weighted by Gasteiger charge is 2.71. The number of aliphatic hydroxyl groups is 4. The van der Waals surface area contributed by atoms with E-state index >= 15 is 0 Å². The number of fused-ring (bicyclic) bond motifs is 7. The summed E-state index contributed by atoms with van der Waals surface area (Å²) in [6.07, 6.45) is 5.48. The van der Waals surface area contributed by atoms with Gasteiger partial charge in [-0.2, -0.15) is 0 Å². The monoisotopic (exact) mass is 504 g/mol. The van der Waals surface area contributed by atoms with Gasteiger partial charge in [0, 0.05) is 11.3 Å². The van der Waals surface area contributed by atoms with Gasteiger partial charge in [0.2, 0.25) is 0 Å². The maximum absolute atomic E-state index is 12.8. The molecule has 0 aromatic heterocycles. The maximum atomic E-state index is 12.8. The van der Waals surface area contributed by atoms with Crippen molar-refractivity contribution in [3.8, 4) is 0 Å². The van der Waals surface area contributed by atoms with E-state index in [-0.39, 0.29) is 46.0 Å². The summed E-state index contributed by atoms with van der Waals surface area (Å²) in [7, 11) is 0. The zero-order chi connectivity index (χ0) is 26.7. The molecule has 0 saturated heterocycles. The van der Waals surface area contributed by atoms with Gasteiger partial charge in [0.15, 0.2) is 0 Å². The lowest BCUT2D eigenvalue weighted by Gasteiger charge is -2.71. The summed E-state index contributed by atoms with van der Waals surface area (Å²) in [4.78, 5) is 12.8. The first kappa shape index (κ1) is 26.6. The number of allylic oxidation sites excluding steroid dienone is 1. The highest BCUT2D eigenvalue weighted by molar-refractivity contribution is 5.77. The molecule has 5 rings (SSSR count). The van der Waals surface area contributed by atoms with E-state index in [0.717, 1.165) is 31.3 Å². The minimum absolute atomic E-state index is 0.0888. The van der Waals surface area contributed by atoms with Gasteiger partial charge in [-0.15, -0.1) is 0 Å². The first-order valence-electron chi connectivity index (χ1n) is 14.1. The van der Waals surface area contributed by atoms with Gasteiger partial charge in [0.05, 0.1) is 30.3 Å². The van der Waals surface area contributed by atoms with Crippen LogP contribution in [0, 0.1) is 50.2 Å². The van der Waals surface area contributed by atoms with Crippen molar-refractivity contribution in [3.05, 3.63) is 11.6 Å². The zero-order valence-corrected chi connectivity index (χ0v) is 23.0. The number of carboxylic acids is 1. The minimum atomic E-state index is -0.944. The van der Waals surface area contributed by atoms with Gasteiger partial charge < -0.3 is 25.5 Å². The van der Waals surface area contributed by atoms with E-state index in [2.05, 4.69) is 40.7 Å². The predicted molar refractivity (Wildman–Crippen MR) is 137 cm³/mol. The van der Waals surface area contributed by atoms with Crippen LogP contribution in [-0.4, -0.2) is 56.4 Å². The van der Waals surface area contributed by atoms with E-state index in [1.165, 1.54) is 0 Å². The molecule has 0 aliphatic heterocycles. The fourth-order valence-electron chi connectivity index (χ4n) is 10.8. The molecule has 0 aromatic rings. The fraction of sp³-hybridized carbons (Fsp3) is 0.900. The lowest BCUT2D eigenvalue weighted by Crippen LogP contribution is -2.69. The predicted octanol–water partition coefficient (Wildman–Crippen LogP) is 4.15. The van der Waals surface area contributed by atoms with E-state index in [9.17, 15) is 30.3 Å². The van der Waals surface area contributed by atoms with Crippen LogP contribution in [0.1, 0.15) is 92.9 Å². The highest BCUT2D eigenvalue weighted by atomic mass is 16.4. The van der Waals surface area contributed by atoms with Gasteiger partial charge in [-0.25, -0.2) is 0 Å². The SMILES string of the molecule is CC1(C)CC[C@]2(C(=O)O)CC[C@]3(C)C(=CC[C@@H]4[C@@]5(C)C[C@@H](O)[C@@H](O)[C@@](C)(CO)[C@@H]5CC[C@]43C)[C@@H]2[C@@H]1O. The highest BCUT2D eigenvalue weighted by Crippen LogP contribution is 2.75. The van der Waals surface area contributed by atoms with Gasteiger partial charge in [0.1, 0.15) is 0 Å². The number of hydrogen-bond acceptors (Lipinski definition) is 5. The first-order chi connectivity index (χ1) is 16.5. The first-order valence-corrected chi connectivity index (χ1v) is 14.1. The van der Waals surface area contributed by atoms with E-state index in [1.807, 2.05) is 6.92 Å². The van der Waals surface area contributed by atoms with Crippen LogP contribution in [0.4, 0.5) is 0 Å². The molecule has 5 aliphatic carbocycles. The van der Waals surface area contributed by atoms with Gasteiger partial charge in [0.25, 0.3) is 0 Å². The van der Waals surface area contributed by atoms with Crippen molar-refractivity contribution in [2.45, 2.75) is 111 Å². The van der Waals surface area contributed by atoms with Crippen molar-refractivity contribution in [2.75, 3.05) is 6.61 Å². The van der Waals surface area contributed by atoms with E-state index in [0.29, 0.717) is 25.7 Å². The molecular formula is C30H48O6. The second kappa shape index (κ2) is 7.80. The van der Waals surface area contributed by atoms with Crippen molar-refractivity contribution >= 4 is 5.97 Å². The van der Waals surface area contributed by atoms with Crippen LogP contribution >= 0.6 is 0 Å². The molecule has 36 heavy (non-hydrogen) atoms. The molecular weight excluding hydrogens is 456 g/mol. The van der Waals surface area contributed by atoms with Gasteiger partial charge in [-0.1, -0.05) is 53.2 Å². The van der Waals surface area contributed by atoms with Crippen molar-refractivity contribution in [1.82, 2.24) is 0 Å². The Morgan fingerprint density at radius 1 is 0.917 bits per heavy atom. The molecule has 0 amide bonds. The summed E-state index contributed by atoms with van der Waals surface area (Å²) in [5.41, 5.74) is -1.50.